The van der Waals surface area contributed by atoms with Gasteiger partial charge in [-0.05, 0) is 75.5 Å². The highest BCUT2D eigenvalue weighted by Gasteiger charge is 2.70. The van der Waals surface area contributed by atoms with E-state index in [4.69, 9.17) is 0 Å². The fraction of sp³-hybridized carbons (Fsp3) is 0.889. The Morgan fingerprint density at radius 3 is 2.10 bits per heavy atom. The van der Waals surface area contributed by atoms with Crippen molar-refractivity contribution in [1.29, 1.82) is 0 Å². The second-order valence-corrected chi connectivity index (χ2v) is 21.6. The first-order chi connectivity index (χ1) is 22.9. The molecule has 286 valence electrons. The van der Waals surface area contributed by atoms with Gasteiger partial charge in [-0.3, -0.25) is 14.4 Å². The van der Waals surface area contributed by atoms with E-state index >= 15 is 0 Å². The lowest BCUT2D eigenvalue weighted by Crippen LogP contribution is -2.65. The van der Waals surface area contributed by atoms with E-state index < -0.39 is 72.3 Å². The molecule has 14 heteroatoms. The summed E-state index contributed by atoms with van der Waals surface area (Å²) in [5, 5.41) is 22.9. The first kappa shape index (κ1) is 40.7. The van der Waals surface area contributed by atoms with E-state index in [-0.39, 0.29) is 29.0 Å². The summed E-state index contributed by atoms with van der Waals surface area (Å²) in [6, 6.07) is -3.52. The second-order valence-electron chi connectivity index (χ2n) is 18.2. The number of rotatable bonds is 13. The minimum atomic E-state index is -3.56. The monoisotopic (exact) mass is 741 g/mol. The van der Waals surface area contributed by atoms with E-state index in [0.29, 0.717) is 32.2 Å². The van der Waals surface area contributed by atoms with Crippen LogP contribution in [0.15, 0.2) is 0 Å². The molecule has 1 saturated heterocycles. The summed E-state index contributed by atoms with van der Waals surface area (Å²) in [4.78, 5) is 55.0. The summed E-state index contributed by atoms with van der Waals surface area (Å²) < 4.78 is 25.7. The lowest BCUT2D eigenvalue weighted by atomic mass is 9.83. The third-order valence-corrected chi connectivity index (χ3v) is 14.9. The van der Waals surface area contributed by atoms with Crippen molar-refractivity contribution in [2.45, 2.75) is 166 Å². The third kappa shape index (κ3) is 8.76. The van der Waals surface area contributed by atoms with E-state index in [1.54, 1.807) is 25.7 Å². The maximum Gasteiger partial charge on any atom is 0.315 e. The molecule has 4 fully saturated rings. The summed E-state index contributed by atoms with van der Waals surface area (Å²) in [5.74, 6) is -1.79. The number of amides is 5. The molecule has 6 atom stereocenters. The molecule has 5 N–H and O–H groups in total. The average Bonchev–Trinajstić information content (AvgIpc) is 3.83. The lowest BCUT2D eigenvalue weighted by molar-refractivity contribution is -0.145. The highest BCUT2D eigenvalue weighted by Crippen LogP contribution is 2.65. The Morgan fingerprint density at radius 1 is 0.980 bits per heavy atom. The molecule has 0 bridgehead atoms. The van der Waals surface area contributed by atoms with Gasteiger partial charge in [0.05, 0.1) is 22.1 Å². The summed E-state index contributed by atoms with van der Waals surface area (Å²) >= 11 is 4.37. The molecule has 4 aliphatic rings. The SMILES string of the molecule is CCCC[C@H](NC(=O)[C@@H]1[C@@H]2[C@H](CN1C(=O)[C@@H](NC(=O)NC1(CS(=O)(=O)C(C)(C)C)CCCCC1)C(C)(C)C)C2(C)C)[C@](O)(S)C(=O)NC1CC1. The van der Waals surface area contributed by atoms with Gasteiger partial charge in [0.1, 0.15) is 12.1 Å². The zero-order chi connectivity index (χ0) is 37.7. The number of unbranched alkanes of at least 4 members (excludes halogenated alkanes) is 1. The molecule has 5 amide bonds. The van der Waals surface area contributed by atoms with Gasteiger partial charge in [0, 0.05) is 12.6 Å². The maximum absolute atomic E-state index is 14.5. The Hall–Kier alpha value is -2.06. The van der Waals surface area contributed by atoms with Gasteiger partial charge in [0.15, 0.2) is 9.84 Å². The van der Waals surface area contributed by atoms with E-state index in [0.717, 1.165) is 38.5 Å². The van der Waals surface area contributed by atoms with Crippen LogP contribution in [0.2, 0.25) is 0 Å². The largest absolute Gasteiger partial charge is 0.369 e. The molecule has 0 spiro atoms. The Balaban J connectivity index is 1.56. The summed E-state index contributed by atoms with van der Waals surface area (Å²) in [7, 11) is -3.56. The number of thiol groups is 1. The van der Waals surface area contributed by atoms with Crippen molar-refractivity contribution in [3.05, 3.63) is 0 Å². The van der Waals surface area contributed by atoms with E-state index in [9.17, 15) is 32.7 Å². The van der Waals surface area contributed by atoms with Crippen molar-refractivity contribution in [3.8, 4) is 0 Å². The Kier molecular flexibility index (Phi) is 11.7. The highest BCUT2D eigenvalue weighted by atomic mass is 32.2. The molecular weight excluding hydrogens is 679 g/mol. The molecule has 0 unspecified atom stereocenters. The van der Waals surface area contributed by atoms with Gasteiger partial charge in [0.25, 0.3) is 5.91 Å². The predicted molar refractivity (Wildman–Crippen MR) is 197 cm³/mol. The number of urea groups is 1. The van der Waals surface area contributed by atoms with Gasteiger partial charge < -0.3 is 31.3 Å². The Bertz CT molecular complexity index is 1410. The molecule has 0 radical (unpaired) electrons. The van der Waals surface area contributed by atoms with Gasteiger partial charge in [0.2, 0.25) is 16.7 Å². The summed E-state index contributed by atoms with van der Waals surface area (Å²) in [6.45, 7) is 16.9. The first-order valence-corrected chi connectivity index (χ1v) is 20.7. The van der Waals surface area contributed by atoms with Crippen LogP contribution in [0.4, 0.5) is 4.79 Å². The van der Waals surface area contributed by atoms with Crippen molar-refractivity contribution < 1.29 is 32.7 Å². The van der Waals surface area contributed by atoms with Crippen LogP contribution in [0.25, 0.3) is 0 Å². The maximum atomic E-state index is 14.5. The van der Waals surface area contributed by atoms with Crippen molar-refractivity contribution in [2.75, 3.05) is 12.3 Å². The first-order valence-electron chi connectivity index (χ1n) is 18.6. The molecule has 0 aromatic carbocycles. The number of hydrogen-bond acceptors (Lipinski definition) is 8. The number of hydrogen-bond donors (Lipinski definition) is 6. The zero-order valence-electron chi connectivity index (χ0n) is 31.6. The van der Waals surface area contributed by atoms with Crippen molar-refractivity contribution in [3.63, 3.8) is 0 Å². The number of piperidine rings is 1. The van der Waals surface area contributed by atoms with Gasteiger partial charge in [-0.25, -0.2) is 13.2 Å². The average molecular weight is 742 g/mol. The van der Waals surface area contributed by atoms with Crippen LogP contribution in [-0.4, -0.2) is 93.9 Å². The number of aliphatic hydroxyl groups is 1. The standard InChI is InChI=1S/C36H63N5O7S2/c1-10-11-15-24(36(46,49)30(44)37-22-16-17-22)38-28(42)26-25-23(34(25,8)9)20-41(26)29(43)27(32(2,3)4)39-31(45)40-35(18-13-12-14-19-35)21-50(47,48)33(5,6)7/h22-27,46,49H,10-21H2,1-9H3,(H,37,44)(H,38,42)(H2,39,40,45)/t23-,24-,25-,26-,27+,36-/m0/s1. The number of likely N-dealkylation sites (tertiary alicyclic amines) is 1. The van der Waals surface area contributed by atoms with Crippen LogP contribution in [0, 0.1) is 22.7 Å². The van der Waals surface area contributed by atoms with Crippen molar-refractivity contribution in [1.82, 2.24) is 26.2 Å². The summed E-state index contributed by atoms with van der Waals surface area (Å²) in [6.07, 6.45) is 6.95. The second kappa shape index (κ2) is 14.4. The smallest absolute Gasteiger partial charge is 0.315 e. The highest BCUT2D eigenvalue weighted by molar-refractivity contribution is 7.92. The fourth-order valence-corrected chi connectivity index (χ4v) is 9.65. The van der Waals surface area contributed by atoms with Crippen LogP contribution < -0.4 is 21.3 Å². The molecular formula is C36H63N5O7S2. The van der Waals surface area contributed by atoms with Gasteiger partial charge in [-0.2, -0.15) is 0 Å². The quantitative estimate of drug-likeness (QED) is 0.123. The molecule has 4 rings (SSSR count). The van der Waals surface area contributed by atoms with Crippen molar-refractivity contribution >= 4 is 46.2 Å². The molecule has 0 aromatic heterocycles. The van der Waals surface area contributed by atoms with E-state index in [1.807, 2.05) is 27.7 Å². The number of carbonyl (C=O) groups excluding carboxylic acids is 4. The molecule has 50 heavy (non-hydrogen) atoms. The number of sulfone groups is 1. The van der Waals surface area contributed by atoms with Crippen LogP contribution in [0.1, 0.15) is 127 Å². The van der Waals surface area contributed by atoms with Crippen LogP contribution >= 0.6 is 12.6 Å². The van der Waals surface area contributed by atoms with Gasteiger partial charge in [-0.1, -0.05) is 73.6 Å². The molecule has 1 aliphatic heterocycles. The molecule has 0 aromatic rings. The van der Waals surface area contributed by atoms with Crippen LogP contribution in [-0.2, 0) is 24.2 Å². The lowest BCUT2D eigenvalue weighted by Gasteiger charge is -2.41. The molecule has 12 nitrogen and oxygen atoms in total. The Morgan fingerprint density at radius 2 is 1.58 bits per heavy atom. The van der Waals surface area contributed by atoms with Crippen LogP contribution in [0.3, 0.4) is 0 Å². The minimum Gasteiger partial charge on any atom is -0.369 e. The molecule has 3 aliphatic carbocycles. The molecule has 1 heterocycles. The minimum absolute atomic E-state index is 0.00502. The fourth-order valence-electron chi connectivity index (χ4n) is 7.87. The number of fused-ring (bicyclic) bond motifs is 1. The van der Waals surface area contributed by atoms with E-state index in [1.165, 1.54) is 0 Å². The zero-order valence-corrected chi connectivity index (χ0v) is 33.4. The topological polar surface area (TPSA) is 174 Å². The summed E-state index contributed by atoms with van der Waals surface area (Å²) in [5.41, 5.74) is -1.91. The number of nitrogens with one attached hydrogen (secondary N) is 4. The molecule has 3 saturated carbocycles. The normalized spacial score (nSPS) is 26.9. The van der Waals surface area contributed by atoms with Gasteiger partial charge in [-0.15, -0.1) is 12.6 Å². The van der Waals surface area contributed by atoms with Crippen molar-refractivity contribution in [2.24, 2.45) is 22.7 Å². The predicted octanol–water partition coefficient (Wildman–Crippen LogP) is 3.67. The van der Waals surface area contributed by atoms with E-state index in [2.05, 4.69) is 47.7 Å². The third-order valence-electron chi connectivity index (χ3n) is 11.6. The number of nitrogens with zero attached hydrogens (tertiary/aromatic N) is 1. The van der Waals surface area contributed by atoms with Crippen LogP contribution in [0.5, 0.6) is 0 Å². The Labute approximate surface area is 305 Å². The van der Waals surface area contributed by atoms with Gasteiger partial charge >= 0.3 is 6.03 Å². The number of carbonyl (C=O) groups is 4.